The summed E-state index contributed by atoms with van der Waals surface area (Å²) in [6.07, 6.45) is 3.52. The number of rotatable bonds is 7. The lowest BCUT2D eigenvalue weighted by Gasteiger charge is -2.12. The normalized spacial score (nSPS) is 16.7. The lowest BCUT2D eigenvalue weighted by molar-refractivity contribution is -0.887. The topological polar surface area (TPSA) is 50.6 Å². The highest BCUT2D eigenvalue weighted by atomic mass is 32.2. The monoisotopic (exact) mass is 311 g/mol. The lowest BCUT2D eigenvalue weighted by Crippen LogP contribution is -3.10. The van der Waals surface area contributed by atoms with Gasteiger partial charge >= 0.3 is 0 Å². The van der Waals surface area contributed by atoms with Crippen molar-refractivity contribution in [3.05, 3.63) is 29.8 Å². The molecule has 5 heteroatoms. The molecule has 0 bridgehead atoms. The number of hydrogen-bond donors (Lipinski definition) is 2. The Hall–Kier alpha value is -0.910. The van der Waals surface area contributed by atoms with Gasteiger partial charge in [0.1, 0.15) is 0 Å². The van der Waals surface area contributed by atoms with E-state index in [0.29, 0.717) is 17.4 Å². The summed E-state index contributed by atoms with van der Waals surface area (Å²) in [5.74, 6) is 0.415. The first kappa shape index (κ1) is 16.5. The van der Waals surface area contributed by atoms with Crippen LogP contribution in [0.25, 0.3) is 0 Å². The van der Waals surface area contributed by atoms with E-state index in [1.54, 1.807) is 17.0 Å². The van der Waals surface area contributed by atoms with Crippen molar-refractivity contribution in [1.82, 2.24) is 4.72 Å². The van der Waals surface area contributed by atoms with Crippen molar-refractivity contribution in [2.75, 3.05) is 26.2 Å². The first-order chi connectivity index (χ1) is 9.99. The maximum atomic E-state index is 12.2. The summed E-state index contributed by atoms with van der Waals surface area (Å²) in [6, 6.07) is 7.19. The second-order valence-electron chi connectivity index (χ2n) is 6.18. The molecule has 0 aromatic heterocycles. The van der Waals surface area contributed by atoms with Crippen molar-refractivity contribution >= 4 is 10.0 Å². The summed E-state index contributed by atoms with van der Waals surface area (Å²) < 4.78 is 27.1. The summed E-state index contributed by atoms with van der Waals surface area (Å²) in [5.41, 5.74) is 1.16. The summed E-state index contributed by atoms with van der Waals surface area (Å²) in [7, 11) is -3.36. The average Bonchev–Trinajstić information content (AvgIpc) is 2.97. The molecule has 21 heavy (non-hydrogen) atoms. The molecule has 0 unspecified atom stereocenters. The summed E-state index contributed by atoms with van der Waals surface area (Å²) in [4.78, 5) is 1.97. The summed E-state index contributed by atoms with van der Waals surface area (Å²) >= 11 is 0. The van der Waals surface area contributed by atoms with Crippen LogP contribution in [0.3, 0.4) is 0 Å². The Balaban J connectivity index is 1.83. The van der Waals surface area contributed by atoms with Gasteiger partial charge < -0.3 is 4.90 Å². The van der Waals surface area contributed by atoms with Crippen LogP contribution < -0.4 is 9.62 Å². The maximum absolute atomic E-state index is 12.2. The minimum absolute atomic E-state index is 0.361. The van der Waals surface area contributed by atoms with Crippen LogP contribution >= 0.6 is 0 Å². The van der Waals surface area contributed by atoms with Crippen LogP contribution in [0.15, 0.2) is 29.2 Å². The van der Waals surface area contributed by atoms with Gasteiger partial charge in [-0.25, -0.2) is 13.1 Å². The number of quaternary nitrogens is 1. The van der Waals surface area contributed by atoms with Gasteiger partial charge in [0, 0.05) is 25.8 Å². The highest BCUT2D eigenvalue weighted by Gasteiger charge is 2.16. The van der Waals surface area contributed by atoms with Gasteiger partial charge in [0.15, 0.2) is 0 Å². The van der Waals surface area contributed by atoms with Gasteiger partial charge in [-0.3, -0.25) is 0 Å². The van der Waals surface area contributed by atoms with Crippen LogP contribution in [-0.2, 0) is 10.0 Å². The van der Waals surface area contributed by atoms with Gasteiger partial charge in [0.2, 0.25) is 10.0 Å². The first-order valence-corrected chi connectivity index (χ1v) is 9.40. The van der Waals surface area contributed by atoms with E-state index in [2.05, 4.69) is 18.6 Å². The first-order valence-electron chi connectivity index (χ1n) is 7.92. The van der Waals surface area contributed by atoms with E-state index in [-0.39, 0.29) is 0 Å². The molecule has 4 nitrogen and oxygen atoms in total. The largest absolute Gasteiger partial charge is 0.335 e. The fourth-order valence-corrected chi connectivity index (χ4v) is 3.86. The third-order valence-electron chi connectivity index (χ3n) is 4.17. The molecule has 1 aromatic rings. The van der Waals surface area contributed by atoms with Crippen molar-refractivity contribution < 1.29 is 13.3 Å². The van der Waals surface area contributed by atoms with E-state index in [1.807, 2.05) is 12.1 Å². The van der Waals surface area contributed by atoms with Gasteiger partial charge in [-0.1, -0.05) is 26.0 Å². The van der Waals surface area contributed by atoms with Crippen LogP contribution in [0.1, 0.15) is 44.6 Å². The third-order valence-corrected chi connectivity index (χ3v) is 5.64. The molecule has 1 heterocycles. The highest BCUT2D eigenvalue weighted by molar-refractivity contribution is 7.89. The lowest BCUT2D eigenvalue weighted by atomic mass is 10.0. The third kappa shape index (κ3) is 4.80. The molecule has 0 amide bonds. The maximum Gasteiger partial charge on any atom is 0.240 e. The van der Waals surface area contributed by atoms with Gasteiger partial charge in [0.05, 0.1) is 24.5 Å². The van der Waals surface area contributed by atoms with Gasteiger partial charge in [-0.05, 0) is 23.6 Å². The Morgan fingerprint density at radius 3 is 2.33 bits per heavy atom. The van der Waals surface area contributed by atoms with E-state index >= 15 is 0 Å². The molecule has 118 valence electrons. The average molecular weight is 311 g/mol. The number of nitrogens with one attached hydrogen (secondary N) is 2. The molecule has 1 fully saturated rings. The van der Waals surface area contributed by atoms with E-state index in [9.17, 15) is 8.42 Å². The fourth-order valence-electron chi connectivity index (χ4n) is 2.79. The summed E-state index contributed by atoms with van der Waals surface area (Å²) in [5, 5.41) is 0. The molecule has 2 rings (SSSR count). The molecular formula is C16H27N2O2S+. The predicted octanol–water partition coefficient (Wildman–Crippen LogP) is 1.16. The Labute approximate surface area is 128 Å². The zero-order chi connectivity index (χ0) is 15.3. The van der Waals surface area contributed by atoms with E-state index in [0.717, 1.165) is 18.5 Å². The van der Waals surface area contributed by atoms with Crippen LogP contribution in [0.2, 0.25) is 0 Å². The SMILES string of the molecule is CC(C)c1ccc(S(=O)(=O)NCCC[NH+]2CCCC2)cc1. The highest BCUT2D eigenvalue weighted by Crippen LogP contribution is 2.17. The number of hydrogen-bond acceptors (Lipinski definition) is 2. The van der Waals surface area contributed by atoms with E-state index < -0.39 is 10.0 Å². The van der Waals surface area contributed by atoms with Crippen molar-refractivity contribution in [3.63, 3.8) is 0 Å². The van der Waals surface area contributed by atoms with Gasteiger partial charge in [0.25, 0.3) is 0 Å². The van der Waals surface area contributed by atoms with Crippen molar-refractivity contribution in [3.8, 4) is 0 Å². The predicted molar refractivity (Wildman–Crippen MR) is 85.1 cm³/mol. The molecule has 0 radical (unpaired) electrons. The zero-order valence-electron chi connectivity index (χ0n) is 13.1. The van der Waals surface area contributed by atoms with Crippen molar-refractivity contribution in [1.29, 1.82) is 0 Å². The molecule has 1 aliphatic heterocycles. The molecule has 1 saturated heterocycles. The Morgan fingerprint density at radius 1 is 1.14 bits per heavy atom. The van der Waals surface area contributed by atoms with Crippen LogP contribution in [0.4, 0.5) is 0 Å². The molecule has 0 spiro atoms. The summed E-state index contributed by atoms with van der Waals surface area (Å²) in [6.45, 7) is 8.27. The smallest absolute Gasteiger partial charge is 0.240 e. The molecular weight excluding hydrogens is 284 g/mol. The molecule has 0 atom stereocenters. The second kappa shape index (κ2) is 7.38. The zero-order valence-corrected chi connectivity index (χ0v) is 13.9. The quantitative estimate of drug-likeness (QED) is 0.743. The van der Waals surface area contributed by atoms with Crippen LogP contribution in [0.5, 0.6) is 0 Å². The fraction of sp³-hybridized carbons (Fsp3) is 0.625. The molecule has 2 N–H and O–H groups in total. The Morgan fingerprint density at radius 2 is 1.76 bits per heavy atom. The second-order valence-corrected chi connectivity index (χ2v) is 7.95. The number of likely N-dealkylation sites (tertiary alicyclic amines) is 1. The number of benzene rings is 1. The van der Waals surface area contributed by atoms with Crippen molar-refractivity contribution in [2.24, 2.45) is 0 Å². The Bertz CT molecular complexity index is 532. The number of sulfonamides is 1. The molecule has 1 aliphatic rings. The Kier molecular flexibility index (Phi) is 5.79. The van der Waals surface area contributed by atoms with Gasteiger partial charge in [-0.2, -0.15) is 0 Å². The minimum atomic E-state index is -3.36. The van der Waals surface area contributed by atoms with Crippen LogP contribution in [-0.4, -0.2) is 34.6 Å². The van der Waals surface area contributed by atoms with E-state index in [4.69, 9.17) is 0 Å². The standard InChI is InChI=1S/C16H26N2O2S/c1-14(2)15-6-8-16(9-7-15)21(19,20)17-10-5-13-18-11-3-4-12-18/h6-9,14,17H,3-5,10-13H2,1-2H3/p+1. The van der Waals surface area contributed by atoms with Crippen molar-refractivity contribution in [2.45, 2.75) is 43.9 Å². The minimum Gasteiger partial charge on any atom is -0.335 e. The van der Waals surface area contributed by atoms with Gasteiger partial charge in [-0.15, -0.1) is 0 Å². The molecule has 0 saturated carbocycles. The van der Waals surface area contributed by atoms with E-state index in [1.165, 1.54) is 25.9 Å². The molecule has 0 aliphatic carbocycles. The molecule has 1 aromatic carbocycles. The van der Waals surface area contributed by atoms with Crippen LogP contribution in [0, 0.1) is 0 Å².